The van der Waals surface area contributed by atoms with E-state index in [1.807, 2.05) is 6.92 Å². The highest BCUT2D eigenvalue weighted by Gasteiger charge is 1.94. The number of hydrogen-bond donors (Lipinski definition) is 3. The summed E-state index contributed by atoms with van der Waals surface area (Å²) in [5.74, 6) is 0.255. The normalized spacial score (nSPS) is 12.4. The Morgan fingerprint density at radius 3 is 2.00 bits per heavy atom. The molecule has 0 heterocycles. The molecule has 3 nitrogen and oxygen atoms in total. The van der Waals surface area contributed by atoms with E-state index in [1.165, 1.54) is 0 Å². The minimum atomic E-state index is 0. The molecular formula is C5H15NO2. The van der Waals surface area contributed by atoms with Crippen LogP contribution in [0, 0.1) is 5.92 Å². The van der Waals surface area contributed by atoms with Crippen LogP contribution in [0.3, 0.4) is 0 Å². The van der Waals surface area contributed by atoms with Crippen LogP contribution in [0.2, 0.25) is 0 Å². The Bertz CT molecular complexity index is 41.4. The molecule has 8 heavy (non-hydrogen) atoms. The minimum Gasteiger partial charge on any atom is -0.396 e. The molecule has 0 radical (unpaired) electrons. The zero-order valence-electron chi connectivity index (χ0n) is 5.30. The molecule has 52 valence electrons. The standard InChI is InChI=1S/C5H12O2.H3N/c1-5(4-7)2-3-6;/h5-7H,2-4H2,1H3;1H3. The maximum atomic E-state index is 8.35. The molecule has 0 amide bonds. The Morgan fingerprint density at radius 1 is 1.38 bits per heavy atom. The van der Waals surface area contributed by atoms with Crippen LogP contribution in [0.25, 0.3) is 0 Å². The summed E-state index contributed by atoms with van der Waals surface area (Å²) in [5, 5.41) is 16.6. The lowest BCUT2D eigenvalue weighted by molar-refractivity contribution is 0.194. The molecule has 0 aliphatic rings. The Labute approximate surface area is 49.9 Å². The van der Waals surface area contributed by atoms with Crippen molar-refractivity contribution in [2.45, 2.75) is 13.3 Å². The van der Waals surface area contributed by atoms with Crippen LogP contribution in [0.15, 0.2) is 0 Å². The van der Waals surface area contributed by atoms with Crippen LogP contribution < -0.4 is 6.15 Å². The quantitative estimate of drug-likeness (QED) is 0.497. The second-order valence-corrected chi connectivity index (χ2v) is 1.80. The van der Waals surface area contributed by atoms with Crippen LogP contribution in [0.4, 0.5) is 0 Å². The highest BCUT2D eigenvalue weighted by atomic mass is 16.3. The van der Waals surface area contributed by atoms with Crippen LogP contribution in [0.5, 0.6) is 0 Å². The van der Waals surface area contributed by atoms with E-state index in [1.54, 1.807) is 0 Å². The number of aliphatic hydroxyl groups is 2. The lowest BCUT2D eigenvalue weighted by atomic mass is 10.1. The fourth-order valence-corrected chi connectivity index (χ4v) is 0.312. The van der Waals surface area contributed by atoms with Crippen molar-refractivity contribution in [3.63, 3.8) is 0 Å². The smallest absolute Gasteiger partial charge is 0.0457 e. The summed E-state index contributed by atoms with van der Waals surface area (Å²) < 4.78 is 0. The van der Waals surface area contributed by atoms with Gasteiger partial charge in [0.05, 0.1) is 0 Å². The summed E-state index contributed by atoms with van der Waals surface area (Å²) in [6.07, 6.45) is 0.705. The SMILES string of the molecule is CC(CO)CCO.N. The van der Waals surface area contributed by atoms with Gasteiger partial charge in [-0.1, -0.05) is 6.92 Å². The highest BCUT2D eigenvalue weighted by molar-refractivity contribution is 4.45. The molecule has 0 aromatic rings. The Kier molecular flexibility index (Phi) is 9.28. The summed E-state index contributed by atoms with van der Waals surface area (Å²) >= 11 is 0. The number of aliphatic hydroxyl groups excluding tert-OH is 2. The van der Waals surface area contributed by atoms with E-state index in [2.05, 4.69) is 0 Å². The zero-order valence-corrected chi connectivity index (χ0v) is 5.30. The molecule has 0 aromatic heterocycles. The van der Waals surface area contributed by atoms with Crippen LogP contribution in [-0.2, 0) is 0 Å². The Morgan fingerprint density at radius 2 is 1.88 bits per heavy atom. The first kappa shape index (κ1) is 10.8. The number of rotatable bonds is 3. The van der Waals surface area contributed by atoms with Gasteiger partial charge in [-0.15, -0.1) is 0 Å². The van der Waals surface area contributed by atoms with Gasteiger partial charge in [0, 0.05) is 13.2 Å². The fraction of sp³-hybridized carbons (Fsp3) is 1.00. The van der Waals surface area contributed by atoms with Gasteiger partial charge in [0.15, 0.2) is 0 Å². The van der Waals surface area contributed by atoms with Crippen molar-refractivity contribution in [3.05, 3.63) is 0 Å². The van der Waals surface area contributed by atoms with Crippen molar-refractivity contribution in [1.29, 1.82) is 0 Å². The second-order valence-electron chi connectivity index (χ2n) is 1.80. The van der Waals surface area contributed by atoms with E-state index in [0.29, 0.717) is 6.42 Å². The van der Waals surface area contributed by atoms with Crippen molar-refractivity contribution in [3.8, 4) is 0 Å². The highest BCUT2D eigenvalue weighted by Crippen LogP contribution is 1.96. The topological polar surface area (TPSA) is 75.5 Å². The van der Waals surface area contributed by atoms with Gasteiger partial charge in [0.1, 0.15) is 0 Å². The molecule has 5 N–H and O–H groups in total. The lowest BCUT2D eigenvalue weighted by Crippen LogP contribution is -2.01. The molecule has 1 atom stereocenters. The molecule has 0 rings (SSSR count). The summed E-state index contributed by atoms with van der Waals surface area (Å²) in [4.78, 5) is 0. The van der Waals surface area contributed by atoms with Crippen LogP contribution in [0.1, 0.15) is 13.3 Å². The van der Waals surface area contributed by atoms with Crippen LogP contribution >= 0.6 is 0 Å². The van der Waals surface area contributed by atoms with E-state index in [-0.39, 0.29) is 25.3 Å². The molecule has 0 fully saturated rings. The molecule has 0 spiro atoms. The fourth-order valence-electron chi connectivity index (χ4n) is 0.312. The summed E-state index contributed by atoms with van der Waals surface area (Å²) in [6.45, 7) is 2.26. The minimum absolute atomic E-state index is 0. The monoisotopic (exact) mass is 121 g/mol. The van der Waals surface area contributed by atoms with E-state index in [0.717, 1.165) is 0 Å². The largest absolute Gasteiger partial charge is 0.396 e. The second kappa shape index (κ2) is 6.88. The zero-order chi connectivity index (χ0) is 5.70. The first-order valence-electron chi connectivity index (χ1n) is 2.53. The lowest BCUT2D eigenvalue weighted by Gasteiger charge is -2.01. The molecule has 0 saturated carbocycles. The molecule has 0 bridgehead atoms. The average Bonchev–Trinajstić information content (AvgIpc) is 1.68. The van der Waals surface area contributed by atoms with E-state index < -0.39 is 0 Å². The average molecular weight is 121 g/mol. The van der Waals surface area contributed by atoms with Gasteiger partial charge in [-0.3, -0.25) is 0 Å². The van der Waals surface area contributed by atoms with Crippen molar-refractivity contribution in [2.24, 2.45) is 5.92 Å². The van der Waals surface area contributed by atoms with Gasteiger partial charge in [0.2, 0.25) is 0 Å². The predicted octanol–water partition coefficient (Wildman–Crippen LogP) is 0.159. The van der Waals surface area contributed by atoms with Crippen molar-refractivity contribution < 1.29 is 10.2 Å². The van der Waals surface area contributed by atoms with E-state index >= 15 is 0 Å². The molecule has 0 aromatic carbocycles. The van der Waals surface area contributed by atoms with Crippen molar-refractivity contribution >= 4 is 0 Å². The molecule has 3 heteroatoms. The van der Waals surface area contributed by atoms with Gasteiger partial charge in [-0.25, -0.2) is 0 Å². The van der Waals surface area contributed by atoms with E-state index in [9.17, 15) is 0 Å². The molecule has 0 aliphatic carbocycles. The molecular weight excluding hydrogens is 106 g/mol. The van der Waals surface area contributed by atoms with Gasteiger partial charge in [-0.2, -0.15) is 0 Å². The van der Waals surface area contributed by atoms with Gasteiger partial charge >= 0.3 is 0 Å². The van der Waals surface area contributed by atoms with Crippen LogP contribution in [-0.4, -0.2) is 23.4 Å². The summed E-state index contributed by atoms with van der Waals surface area (Å²) in [7, 11) is 0. The molecule has 1 unspecified atom stereocenters. The third-order valence-corrected chi connectivity index (χ3v) is 0.934. The summed E-state index contributed by atoms with van der Waals surface area (Å²) in [6, 6.07) is 0. The molecule has 0 aliphatic heterocycles. The Hall–Kier alpha value is -0.120. The molecule has 0 saturated heterocycles. The third-order valence-electron chi connectivity index (χ3n) is 0.934. The Balaban J connectivity index is 0. The van der Waals surface area contributed by atoms with Gasteiger partial charge in [-0.05, 0) is 12.3 Å². The predicted molar refractivity (Wildman–Crippen MR) is 33.0 cm³/mol. The third kappa shape index (κ3) is 5.88. The van der Waals surface area contributed by atoms with E-state index in [4.69, 9.17) is 10.2 Å². The first-order valence-corrected chi connectivity index (χ1v) is 2.53. The van der Waals surface area contributed by atoms with Crippen molar-refractivity contribution in [1.82, 2.24) is 6.15 Å². The maximum Gasteiger partial charge on any atom is 0.0457 e. The first-order chi connectivity index (χ1) is 3.31. The van der Waals surface area contributed by atoms with Crippen molar-refractivity contribution in [2.75, 3.05) is 13.2 Å². The van der Waals surface area contributed by atoms with Gasteiger partial charge < -0.3 is 16.4 Å². The van der Waals surface area contributed by atoms with Gasteiger partial charge in [0.25, 0.3) is 0 Å². The number of hydrogen-bond acceptors (Lipinski definition) is 3. The maximum absolute atomic E-state index is 8.35. The summed E-state index contributed by atoms with van der Waals surface area (Å²) in [5.41, 5.74) is 0.